The van der Waals surface area contributed by atoms with Crippen LogP contribution in [0.3, 0.4) is 0 Å². The zero-order chi connectivity index (χ0) is 11.8. The molecule has 1 heterocycles. The number of fused-ring (bicyclic) bond motifs is 1. The molecule has 0 fully saturated rings. The van der Waals surface area contributed by atoms with Crippen molar-refractivity contribution in [2.24, 2.45) is 0 Å². The smallest absolute Gasteiger partial charge is 0.0349 e. The van der Waals surface area contributed by atoms with Crippen molar-refractivity contribution in [3.05, 3.63) is 59.0 Å². The lowest BCUT2D eigenvalue weighted by Gasteiger charge is -2.04. The maximum Gasteiger partial charge on any atom is 0.0349 e. The second-order valence-electron chi connectivity index (χ2n) is 4.52. The van der Waals surface area contributed by atoms with E-state index in [0.717, 1.165) is 0 Å². The lowest BCUT2D eigenvalue weighted by atomic mass is 10.0. The van der Waals surface area contributed by atoms with E-state index in [-0.39, 0.29) is 0 Å². The van der Waals surface area contributed by atoms with Crippen LogP contribution >= 0.6 is 11.3 Å². The van der Waals surface area contributed by atoms with Crippen molar-refractivity contribution in [1.29, 1.82) is 0 Å². The predicted molar refractivity (Wildman–Crippen MR) is 76.7 cm³/mol. The van der Waals surface area contributed by atoms with Crippen LogP contribution in [0.15, 0.2) is 47.8 Å². The summed E-state index contributed by atoms with van der Waals surface area (Å²) in [6.45, 7) is 4.32. The number of hydrogen-bond donors (Lipinski definition) is 0. The van der Waals surface area contributed by atoms with E-state index >= 15 is 0 Å². The van der Waals surface area contributed by atoms with Gasteiger partial charge in [-0.05, 0) is 30.9 Å². The first kappa shape index (κ1) is 10.5. The lowest BCUT2D eigenvalue weighted by molar-refractivity contribution is 1.39. The quantitative estimate of drug-likeness (QED) is 0.547. The van der Waals surface area contributed by atoms with Crippen LogP contribution in [0.2, 0.25) is 0 Å². The highest BCUT2D eigenvalue weighted by atomic mass is 32.1. The molecule has 0 atom stereocenters. The Hall–Kier alpha value is -1.60. The first-order valence-corrected chi connectivity index (χ1v) is 6.67. The van der Waals surface area contributed by atoms with Gasteiger partial charge in [-0.3, -0.25) is 0 Å². The van der Waals surface area contributed by atoms with Crippen molar-refractivity contribution in [2.75, 3.05) is 0 Å². The highest BCUT2D eigenvalue weighted by Crippen LogP contribution is 2.34. The second-order valence-corrected chi connectivity index (χ2v) is 5.43. The average Bonchev–Trinajstić information content (AvgIpc) is 2.71. The van der Waals surface area contributed by atoms with E-state index in [0.29, 0.717) is 0 Å². The molecular formula is C16H14S. The van der Waals surface area contributed by atoms with Crippen molar-refractivity contribution in [3.63, 3.8) is 0 Å². The van der Waals surface area contributed by atoms with Crippen LogP contribution in [0, 0.1) is 13.8 Å². The molecule has 2 aromatic carbocycles. The summed E-state index contributed by atoms with van der Waals surface area (Å²) in [7, 11) is 0. The van der Waals surface area contributed by atoms with Crippen molar-refractivity contribution < 1.29 is 0 Å². The Kier molecular flexibility index (Phi) is 2.49. The molecule has 0 radical (unpaired) electrons. The molecular weight excluding hydrogens is 224 g/mol. The maximum absolute atomic E-state index is 2.27. The van der Waals surface area contributed by atoms with Crippen LogP contribution in [-0.2, 0) is 0 Å². The van der Waals surface area contributed by atoms with Crippen molar-refractivity contribution in [3.8, 4) is 11.1 Å². The summed E-state index contributed by atoms with van der Waals surface area (Å²) in [4.78, 5) is 0. The van der Waals surface area contributed by atoms with E-state index < -0.39 is 0 Å². The van der Waals surface area contributed by atoms with Crippen LogP contribution in [0.1, 0.15) is 11.1 Å². The third kappa shape index (κ3) is 1.87. The Morgan fingerprint density at radius 2 is 1.59 bits per heavy atom. The molecule has 0 saturated carbocycles. The van der Waals surface area contributed by atoms with Gasteiger partial charge in [0.15, 0.2) is 0 Å². The maximum atomic E-state index is 2.27. The molecule has 3 rings (SSSR count). The fourth-order valence-corrected chi connectivity index (χ4v) is 3.30. The number of benzene rings is 2. The molecule has 0 unspecified atom stereocenters. The fraction of sp³-hybridized carbons (Fsp3) is 0.125. The van der Waals surface area contributed by atoms with Gasteiger partial charge in [0.25, 0.3) is 0 Å². The zero-order valence-corrected chi connectivity index (χ0v) is 10.8. The first-order valence-electron chi connectivity index (χ1n) is 5.79. The van der Waals surface area contributed by atoms with Crippen LogP contribution in [-0.4, -0.2) is 0 Å². The Balaban J connectivity index is 2.27. The minimum absolute atomic E-state index is 1.33. The minimum Gasteiger partial charge on any atom is -0.143 e. The van der Waals surface area contributed by atoms with Gasteiger partial charge in [0.2, 0.25) is 0 Å². The summed E-state index contributed by atoms with van der Waals surface area (Å²) in [5.74, 6) is 0. The van der Waals surface area contributed by atoms with E-state index in [1.807, 2.05) is 11.3 Å². The molecule has 84 valence electrons. The fourth-order valence-electron chi connectivity index (χ4n) is 2.33. The van der Waals surface area contributed by atoms with Crippen LogP contribution < -0.4 is 0 Å². The van der Waals surface area contributed by atoms with Crippen LogP contribution in [0.4, 0.5) is 0 Å². The summed E-state index contributed by atoms with van der Waals surface area (Å²) in [5.41, 5.74) is 5.35. The van der Waals surface area contributed by atoms with Gasteiger partial charge in [-0.2, -0.15) is 0 Å². The lowest BCUT2D eigenvalue weighted by Crippen LogP contribution is -1.81. The molecule has 1 heteroatoms. The van der Waals surface area contributed by atoms with Crippen molar-refractivity contribution in [2.45, 2.75) is 13.8 Å². The number of thiophene rings is 1. The average molecular weight is 238 g/mol. The van der Waals surface area contributed by atoms with Crippen LogP contribution in [0.5, 0.6) is 0 Å². The molecule has 0 bridgehead atoms. The molecule has 0 amide bonds. The van der Waals surface area contributed by atoms with Gasteiger partial charge in [0.05, 0.1) is 0 Å². The van der Waals surface area contributed by atoms with E-state index in [2.05, 4.69) is 61.7 Å². The van der Waals surface area contributed by atoms with E-state index in [1.165, 1.54) is 32.3 Å². The molecule has 0 saturated heterocycles. The zero-order valence-electron chi connectivity index (χ0n) is 10.0. The van der Waals surface area contributed by atoms with Gasteiger partial charge in [-0.15, -0.1) is 11.3 Å². The molecule has 0 N–H and O–H groups in total. The summed E-state index contributed by atoms with van der Waals surface area (Å²) >= 11 is 1.82. The predicted octanol–water partition coefficient (Wildman–Crippen LogP) is 5.19. The van der Waals surface area contributed by atoms with Crippen molar-refractivity contribution in [1.82, 2.24) is 0 Å². The molecule has 0 aliphatic rings. The first-order chi connectivity index (χ1) is 8.24. The van der Waals surface area contributed by atoms with Gasteiger partial charge in [-0.25, -0.2) is 0 Å². The highest BCUT2D eigenvalue weighted by molar-refractivity contribution is 7.17. The molecule has 0 spiro atoms. The van der Waals surface area contributed by atoms with Gasteiger partial charge < -0.3 is 0 Å². The topological polar surface area (TPSA) is 0 Å². The minimum atomic E-state index is 1.33. The van der Waals surface area contributed by atoms with Gasteiger partial charge in [-0.1, -0.05) is 47.5 Å². The summed E-state index contributed by atoms with van der Waals surface area (Å²) in [5, 5.41) is 3.63. The Morgan fingerprint density at radius 1 is 0.882 bits per heavy atom. The molecule has 1 aromatic heterocycles. The van der Waals surface area contributed by atoms with E-state index in [9.17, 15) is 0 Å². The number of aryl methyl sites for hydroxylation is 2. The third-order valence-electron chi connectivity index (χ3n) is 3.01. The molecule has 0 nitrogen and oxygen atoms in total. The molecule has 3 aromatic rings. The van der Waals surface area contributed by atoms with Gasteiger partial charge in [0, 0.05) is 15.6 Å². The SMILES string of the molecule is Cc1cc(C)cc(-c2csc3ccccc23)c1. The molecule has 0 aliphatic carbocycles. The Bertz CT molecular complexity index is 657. The number of hydrogen-bond acceptors (Lipinski definition) is 1. The third-order valence-corrected chi connectivity index (χ3v) is 3.98. The summed E-state index contributed by atoms with van der Waals surface area (Å²) in [6.07, 6.45) is 0. The van der Waals surface area contributed by atoms with E-state index in [4.69, 9.17) is 0 Å². The monoisotopic (exact) mass is 238 g/mol. The normalized spacial score (nSPS) is 10.9. The molecule has 17 heavy (non-hydrogen) atoms. The Labute approximate surface area is 106 Å². The highest BCUT2D eigenvalue weighted by Gasteiger charge is 2.06. The van der Waals surface area contributed by atoms with E-state index in [1.54, 1.807) is 0 Å². The second kappa shape index (κ2) is 4.01. The van der Waals surface area contributed by atoms with Crippen LogP contribution in [0.25, 0.3) is 21.2 Å². The Morgan fingerprint density at radius 3 is 2.35 bits per heavy atom. The molecule has 0 aliphatic heterocycles. The standard InChI is InChI=1S/C16H14S/c1-11-7-12(2)9-13(8-11)15-10-17-16-6-4-3-5-14(15)16/h3-10H,1-2H3. The summed E-state index contributed by atoms with van der Waals surface area (Å²) in [6, 6.07) is 15.4. The number of rotatable bonds is 1. The largest absolute Gasteiger partial charge is 0.143 e. The van der Waals surface area contributed by atoms with Gasteiger partial charge >= 0.3 is 0 Å². The van der Waals surface area contributed by atoms with Crippen molar-refractivity contribution >= 4 is 21.4 Å². The van der Waals surface area contributed by atoms with Gasteiger partial charge in [0.1, 0.15) is 0 Å². The summed E-state index contributed by atoms with van der Waals surface area (Å²) < 4.78 is 1.36.